The fourth-order valence-electron chi connectivity index (χ4n) is 3.01. The predicted octanol–water partition coefficient (Wildman–Crippen LogP) is 4.19. The molecule has 0 aliphatic heterocycles. The average Bonchev–Trinajstić information content (AvgIpc) is 2.77. The molecule has 0 amide bonds. The van der Waals surface area contributed by atoms with Crippen LogP contribution in [0.15, 0.2) is 41.4 Å². The lowest BCUT2D eigenvalue weighted by Gasteiger charge is -2.14. The van der Waals surface area contributed by atoms with E-state index in [0.717, 1.165) is 37.5 Å². The molecular weight excluding hydrogens is 493 g/mol. The summed E-state index contributed by atoms with van der Waals surface area (Å²) in [5, 5.41) is 6.69. The number of hydrogen-bond donors (Lipinski definition) is 2. The number of nitrogens with zero attached hydrogens (tertiary/aromatic N) is 1. The van der Waals surface area contributed by atoms with E-state index in [9.17, 15) is 0 Å². The summed E-state index contributed by atoms with van der Waals surface area (Å²) in [5.74, 6) is 2.63. The quantitative estimate of drug-likeness (QED) is 0.276. The van der Waals surface area contributed by atoms with Crippen LogP contribution in [0.4, 0.5) is 0 Å². The van der Waals surface area contributed by atoms with Gasteiger partial charge < -0.3 is 24.8 Å². The molecule has 0 unspecified atom stereocenters. The Morgan fingerprint density at radius 3 is 1.93 bits per heavy atom. The second kappa shape index (κ2) is 14.0. The van der Waals surface area contributed by atoms with Crippen LogP contribution in [0.5, 0.6) is 17.2 Å². The van der Waals surface area contributed by atoms with Crippen molar-refractivity contribution in [1.82, 2.24) is 10.6 Å². The third kappa shape index (κ3) is 7.59. The predicted molar refractivity (Wildman–Crippen MR) is 134 cm³/mol. The molecule has 0 heterocycles. The first kappa shape index (κ1) is 25.9. The minimum absolute atomic E-state index is 0. The Morgan fingerprint density at radius 1 is 0.833 bits per heavy atom. The molecule has 0 atom stereocenters. The van der Waals surface area contributed by atoms with Gasteiger partial charge in [0.15, 0.2) is 17.5 Å². The standard InChI is InChI=1S/C23H33N3O3.HI/c1-6-17-8-10-18(11-9-17)12-13-25-23(24-7-2)26-16-19-14-20(27-3)22(29-5)21(15-19)28-4;/h8-11,14-15H,6-7,12-13,16H2,1-5H3,(H2,24,25,26);1H. The second-order valence-electron chi connectivity index (χ2n) is 6.58. The highest BCUT2D eigenvalue weighted by Gasteiger charge is 2.13. The van der Waals surface area contributed by atoms with Gasteiger partial charge in [0.2, 0.25) is 5.75 Å². The molecule has 0 saturated carbocycles. The van der Waals surface area contributed by atoms with E-state index in [1.807, 2.05) is 12.1 Å². The third-order valence-electron chi connectivity index (χ3n) is 4.63. The summed E-state index contributed by atoms with van der Waals surface area (Å²) in [6.07, 6.45) is 2.01. The molecule has 0 aliphatic rings. The van der Waals surface area contributed by atoms with Crippen LogP contribution in [0.1, 0.15) is 30.5 Å². The number of halogens is 1. The highest BCUT2D eigenvalue weighted by molar-refractivity contribution is 14.0. The Bertz CT molecular complexity index is 770. The van der Waals surface area contributed by atoms with Crippen LogP contribution in [0.25, 0.3) is 0 Å². The summed E-state index contributed by atoms with van der Waals surface area (Å²) in [4.78, 5) is 4.69. The van der Waals surface area contributed by atoms with Gasteiger partial charge >= 0.3 is 0 Å². The molecule has 0 spiro atoms. The lowest BCUT2D eigenvalue weighted by molar-refractivity contribution is 0.324. The Kier molecular flexibility index (Phi) is 12.0. The van der Waals surface area contributed by atoms with Crippen molar-refractivity contribution >= 4 is 29.9 Å². The van der Waals surface area contributed by atoms with Gasteiger partial charge in [-0.15, -0.1) is 24.0 Å². The number of nitrogens with one attached hydrogen (secondary N) is 2. The fraction of sp³-hybridized carbons (Fsp3) is 0.435. The Balaban J connectivity index is 0.00000450. The summed E-state index contributed by atoms with van der Waals surface area (Å²) in [6, 6.07) is 12.6. The highest BCUT2D eigenvalue weighted by atomic mass is 127. The number of methoxy groups -OCH3 is 3. The van der Waals surface area contributed by atoms with Crippen molar-refractivity contribution in [3.8, 4) is 17.2 Å². The lowest BCUT2D eigenvalue weighted by Crippen LogP contribution is -2.38. The third-order valence-corrected chi connectivity index (χ3v) is 4.63. The number of guanidine groups is 1. The first-order valence-corrected chi connectivity index (χ1v) is 10.0. The zero-order valence-electron chi connectivity index (χ0n) is 18.6. The zero-order chi connectivity index (χ0) is 21.1. The number of rotatable bonds is 10. The van der Waals surface area contributed by atoms with E-state index < -0.39 is 0 Å². The van der Waals surface area contributed by atoms with Crippen molar-refractivity contribution in [3.05, 3.63) is 53.1 Å². The maximum atomic E-state index is 5.42. The van der Waals surface area contributed by atoms with Crippen molar-refractivity contribution in [2.45, 2.75) is 33.2 Å². The van der Waals surface area contributed by atoms with Gasteiger partial charge in [-0.25, -0.2) is 4.99 Å². The molecule has 6 nitrogen and oxygen atoms in total. The highest BCUT2D eigenvalue weighted by Crippen LogP contribution is 2.38. The van der Waals surface area contributed by atoms with Gasteiger partial charge in [0.1, 0.15) is 0 Å². The normalized spacial score (nSPS) is 10.8. The maximum Gasteiger partial charge on any atom is 0.203 e. The minimum Gasteiger partial charge on any atom is -0.493 e. The smallest absolute Gasteiger partial charge is 0.203 e. The van der Waals surface area contributed by atoms with E-state index in [-0.39, 0.29) is 24.0 Å². The van der Waals surface area contributed by atoms with Crippen LogP contribution >= 0.6 is 24.0 Å². The van der Waals surface area contributed by atoms with Gasteiger partial charge in [-0.3, -0.25) is 0 Å². The van der Waals surface area contributed by atoms with E-state index in [0.29, 0.717) is 23.8 Å². The van der Waals surface area contributed by atoms with E-state index >= 15 is 0 Å². The molecule has 0 saturated heterocycles. The van der Waals surface area contributed by atoms with Crippen LogP contribution in [-0.2, 0) is 19.4 Å². The van der Waals surface area contributed by atoms with E-state index in [1.165, 1.54) is 11.1 Å². The van der Waals surface area contributed by atoms with Crippen molar-refractivity contribution in [2.75, 3.05) is 34.4 Å². The van der Waals surface area contributed by atoms with Crippen LogP contribution in [0.2, 0.25) is 0 Å². The molecule has 0 aromatic heterocycles. The summed E-state index contributed by atoms with van der Waals surface area (Å²) in [6.45, 7) is 6.33. The van der Waals surface area contributed by atoms with Crippen molar-refractivity contribution in [3.63, 3.8) is 0 Å². The topological polar surface area (TPSA) is 64.1 Å². The molecule has 2 aromatic rings. The van der Waals surface area contributed by atoms with Crippen LogP contribution in [0, 0.1) is 0 Å². The average molecular weight is 527 g/mol. The molecule has 7 heteroatoms. The summed E-state index contributed by atoms with van der Waals surface area (Å²) in [7, 11) is 4.83. The molecular formula is C23H34IN3O3. The summed E-state index contributed by atoms with van der Waals surface area (Å²) < 4.78 is 16.2. The van der Waals surface area contributed by atoms with E-state index in [1.54, 1.807) is 21.3 Å². The molecule has 0 radical (unpaired) electrons. The van der Waals surface area contributed by atoms with Crippen LogP contribution in [0.3, 0.4) is 0 Å². The molecule has 30 heavy (non-hydrogen) atoms. The lowest BCUT2D eigenvalue weighted by atomic mass is 10.1. The van der Waals surface area contributed by atoms with Gasteiger partial charge in [-0.1, -0.05) is 31.2 Å². The number of aryl methyl sites for hydroxylation is 1. The molecule has 2 N–H and O–H groups in total. The molecule has 0 fully saturated rings. The van der Waals surface area contributed by atoms with E-state index in [4.69, 9.17) is 19.2 Å². The zero-order valence-corrected chi connectivity index (χ0v) is 20.9. The first-order valence-electron chi connectivity index (χ1n) is 10.0. The van der Waals surface area contributed by atoms with Crippen LogP contribution in [-0.4, -0.2) is 40.4 Å². The fourth-order valence-corrected chi connectivity index (χ4v) is 3.01. The summed E-state index contributed by atoms with van der Waals surface area (Å²) in [5.41, 5.74) is 3.66. The number of benzene rings is 2. The maximum absolute atomic E-state index is 5.42. The second-order valence-corrected chi connectivity index (χ2v) is 6.58. The van der Waals surface area contributed by atoms with Crippen molar-refractivity contribution < 1.29 is 14.2 Å². The van der Waals surface area contributed by atoms with Crippen molar-refractivity contribution in [1.29, 1.82) is 0 Å². The van der Waals surface area contributed by atoms with Gasteiger partial charge in [-0.05, 0) is 48.6 Å². The molecule has 2 aromatic carbocycles. The number of aliphatic imine (C=N–C) groups is 1. The number of ether oxygens (including phenoxy) is 3. The van der Waals surface area contributed by atoms with Gasteiger partial charge in [0.25, 0.3) is 0 Å². The van der Waals surface area contributed by atoms with E-state index in [2.05, 4.69) is 48.7 Å². The summed E-state index contributed by atoms with van der Waals surface area (Å²) >= 11 is 0. The van der Waals surface area contributed by atoms with Gasteiger partial charge in [-0.2, -0.15) is 0 Å². The van der Waals surface area contributed by atoms with Crippen LogP contribution < -0.4 is 24.8 Å². The molecule has 2 rings (SSSR count). The largest absolute Gasteiger partial charge is 0.493 e. The Labute approximate surface area is 197 Å². The van der Waals surface area contributed by atoms with Crippen molar-refractivity contribution in [2.24, 2.45) is 4.99 Å². The Morgan fingerprint density at radius 2 is 1.43 bits per heavy atom. The molecule has 0 bridgehead atoms. The first-order chi connectivity index (χ1) is 14.1. The Hall–Kier alpha value is -2.16. The van der Waals surface area contributed by atoms with Gasteiger partial charge in [0, 0.05) is 13.1 Å². The number of hydrogen-bond acceptors (Lipinski definition) is 4. The SMILES string of the molecule is CCNC(=NCc1cc(OC)c(OC)c(OC)c1)NCCc1ccc(CC)cc1.I. The molecule has 166 valence electrons. The monoisotopic (exact) mass is 527 g/mol. The van der Waals surface area contributed by atoms with Gasteiger partial charge in [0.05, 0.1) is 27.9 Å². The minimum atomic E-state index is 0. The molecule has 0 aliphatic carbocycles.